The maximum atomic E-state index is 12.9. The van der Waals surface area contributed by atoms with Crippen LogP contribution >= 0.6 is 21.6 Å². The predicted octanol–water partition coefficient (Wildman–Crippen LogP) is 2.29. The van der Waals surface area contributed by atoms with E-state index in [9.17, 15) is 35.4 Å². The zero-order valence-corrected chi connectivity index (χ0v) is 30.6. The van der Waals surface area contributed by atoms with Crippen molar-refractivity contribution in [2.45, 2.75) is 105 Å². The molecular weight excluding hydrogens is 703 g/mol. The van der Waals surface area contributed by atoms with E-state index >= 15 is 0 Å². The highest BCUT2D eigenvalue weighted by Crippen LogP contribution is 2.61. The van der Waals surface area contributed by atoms with Crippen LogP contribution in [0.4, 0.5) is 0 Å². The molecular formula is C36H51NO12S2. The fourth-order valence-electron chi connectivity index (χ4n) is 9.49. The number of aryl methyl sites for hydroxylation is 1. The van der Waals surface area contributed by atoms with Gasteiger partial charge in [0.25, 0.3) is 0 Å². The molecule has 3 heterocycles. The van der Waals surface area contributed by atoms with E-state index in [0.29, 0.717) is 42.5 Å². The van der Waals surface area contributed by atoms with Gasteiger partial charge in [-0.1, -0.05) is 34.4 Å². The molecule has 4 fully saturated rings. The molecule has 0 amide bonds. The van der Waals surface area contributed by atoms with Crippen LogP contribution in [-0.4, -0.2) is 122 Å². The van der Waals surface area contributed by atoms with Crippen molar-refractivity contribution in [3.05, 3.63) is 24.0 Å². The van der Waals surface area contributed by atoms with Gasteiger partial charge in [-0.3, -0.25) is 4.79 Å². The number of esters is 1. The lowest BCUT2D eigenvalue weighted by atomic mass is 9.49. The topological polar surface area (TPSA) is 201 Å². The summed E-state index contributed by atoms with van der Waals surface area (Å²) in [5.74, 6) is -2.30. The number of rotatable bonds is 6. The summed E-state index contributed by atoms with van der Waals surface area (Å²) in [6.07, 6.45) is 1.92. The lowest BCUT2D eigenvalue weighted by molar-refractivity contribution is -0.421. The second kappa shape index (κ2) is 14.8. The van der Waals surface area contributed by atoms with Gasteiger partial charge < -0.3 is 59.3 Å². The van der Waals surface area contributed by atoms with Gasteiger partial charge in [-0.25, -0.2) is 0 Å². The van der Waals surface area contributed by atoms with Gasteiger partial charge >= 0.3 is 5.97 Å². The first-order valence-electron chi connectivity index (χ1n) is 18.2. The minimum Gasteiger partial charge on any atom is -0.485 e. The van der Waals surface area contributed by atoms with Gasteiger partial charge in [0.1, 0.15) is 23.9 Å². The number of furan rings is 1. The molecule has 7 N–H and O–H groups in total. The predicted molar refractivity (Wildman–Crippen MR) is 189 cm³/mol. The molecule has 1 saturated heterocycles. The molecule has 5 aliphatic rings. The molecule has 9 atom stereocenters. The third-order valence-corrected chi connectivity index (χ3v) is 15.5. The Balaban J connectivity index is 1.39. The van der Waals surface area contributed by atoms with Crippen LogP contribution in [0.15, 0.2) is 22.8 Å². The van der Waals surface area contributed by atoms with Crippen molar-refractivity contribution in [1.29, 1.82) is 0 Å². The maximum absolute atomic E-state index is 12.9. The van der Waals surface area contributed by atoms with Crippen molar-refractivity contribution < 1.29 is 58.8 Å². The summed E-state index contributed by atoms with van der Waals surface area (Å²) in [6, 6.07) is 3.57. The average Bonchev–Trinajstić information content (AvgIpc) is 3.79. The van der Waals surface area contributed by atoms with E-state index in [1.54, 1.807) is 29.9 Å². The van der Waals surface area contributed by atoms with Crippen LogP contribution in [0.1, 0.15) is 63.9 Å². The molecule has 1 spiro atoms. The number of benzene rings is 1. The Kier molecular flexibility index (Phi) is 10.9. The van der Waals surface area contributed by atoms with Gasteiger partial charge in [0.15, 0.2) is 16.9 Å². The lowest BCUT2D eigenvalue weighted by Gasteiger charge is -2.67. The van der Waals surface area contributed by atoms with E-state index in [1.807, 2.05) is 0 Å². The number of fused-ring (bicyclic) bond motifs is 11. The molecule has 2 aliphatic heterocycles. The normalized spacial score (nSPS) is 38.1. The molecule has 3 aliphatic carbocycles. The fourth-order valence-corrected chi connectivity index (χ4v) is 13.2. The summed E-state index contributed by atoms with van der Waals surface area (Å²) in [5, 5.41) is 75.0. The highest BCUT2D eigenvalue weighted by Gasteiger charge is 2.77. The third kappa shape index (κ3) is 6.36. The van der Waals surface area contributed by atoms with Gasteiger partial charge in [-0.15, -0.1) is 0 Å². The van der Waals surface area contributed by atoms with Gasteiger partial charge in [-0.05, 0) is 69.1 Å². The molecule has 4 bridgehead atoms. The number of aliphatic hydroxyl groups excluding tert-OH is 4. The van der Waals surface area contributed by atoms with E-state index < -0.39 is 72.2 Å². The molecule has 51 heavy (non-hydrogen) atoms. The van der Waals surface area contributed by atoms with Gasteiger partial charge in [-0.2, -0.15) is 0 Å². The van der Waals surface area contributed by atoms with Crippen LogP contribution in [0.25, 0.3) is 11.0 Å². The Morgan fingerprint density at radius 3 is 2.69 bits per heavy atom. The van der Waals surface area contributed by atoms with E-state index in [2.05, 4.69) is 5.32 Å². The van der Waals surface area contributed by atoms with Crippen LogP contribution in [-0.2, 0) is 20.7 Å². The van der Waals surface area contributed by atoms with Crippen molar-refractivity contribution in [2.75, 3.05) is 45.3 Å². The van der Waals surface area contributed by atoms with Crippen molar-refractivity contribution in [3.63, 3.8) is 0 Å². The smallest absolute Gasteiger partial charge is 0.306 e. The Labute approximate surface area is 305 Å². The van der Waals surface area contributed by atoms with E-state index in [1.165, 1.54) is 17.1 Å². The fraction of sp³-hybridized carbons (Fsp3) is 0.750. The highest BCUT2D eigenvalue weighted by atomic mass is 33.1. The standard InChI is InChI=1S/C36H51NO12S2/c1-2-45-26(41)8-6-21-15-22-9-13-46-28(22)30-29(21)48-32-36(44)27-23(5-7-25(40)24(27)17-38)16-35(43,31(36)42)34(19-39,49-32)20-50-51-33(10-3-4-11-33)18-37-12-14-47-30/h9,13,15,23-25,27,31-32,37-40,42-44H,2-8,10-12,14,16-20H2,1H3/t23-,24+,25+,27+,31+,32-,34+,35+,36-/m1/s1. The van der Waals surface area contributed by atoms with Crippen LogP contribution in [0.3, 0.4) is 0 Å². The second-order valence-corrected chi connectivity index (χ2v) is 17.8. The van der Waals surface area contributed by atoms with Crippen molar-refractivity contribution in [3.8, 4) is 11.5 Å². The van der Waals surface area contributed by atoms with E-state index in [0.717, 1.165) is 25.7 Å². The summed E-state index contributed by atoms with van der Waals surface area (Å²) < 4.78 is 30.9. The monoisotopic (exact) mass is 753 g/mol. The second-order valence-electron chi connectivity index (χ2n) is 15.0. The Morgan fingerprint density at radius 1 is 1.14 bits per heavy atom. The first kappa shape index (κ1) is 37.5. The Morgan fingerprint density at radius 2 is 1.94 bits per heavy atom. The van der Waals surface area contributed by atoms with Crippen LogP contribution in [0.2, 0.25) is 0 Å². The molecule has 1 aromatic heterocycles. The summed E-state index contributed by atoms with van der Waals surface area (Å²) >= 11 is 0. The molecule has 3 saturated carbocycles. The molecule has 0 unspecified atom stereocenters. The minimum absolute atomic E-state index is 0.00667. The number of nitrogens with one attached hydrogen (secondary N) is 1. The van der Waals surface area contributed by atoms with Gasteiger partial charge in [0.05, 0.1) is 25.6 Å². The van der Waals surface area contributed by atoms with Crippen LogP contribution < -0.4 is 14.8 Å². The van der Waals surface area contributed by atoms with E-state index in [4.69, 9.17) is 23.4 Å². The van der Waals surface area contributed by atoms with Gasteiger partial charge in [0, 0.05) is 53.8 Å². The molecule has 15 heteroatoms. The summed E-state index contributed by atoms with van der Waals surface area (Å²) in [5.41, 5.74) is -5.38. The SMILES string of the molecule is CCOC(=O)CCc1cc2ccoc2c2c1O[C@@H]1O[C@@](CO)(CSSC3(CCCC3)CNCCO2)[C@]2(O)C[C@H]3CC[C@H](O)[C@H](CO)[C@H]3[C@@]1(O)[C@H]2O. The van der Waals surface area contributed by atoms with Crippen molar-refractivity contribution in [1.82, 2.24) is 5.32 Å². The summed E-state index contributed by atoms with van der Waals surface area (Å²) in [4.78, 5) is 12.6. The zero-order valence-electron chi connectivity index (χ0n) is 29.0. The molecule has 7 rings (SSSR count). The number of carbonyl (C=O) groups is 1. The van der Waals surface area contributed by atoms with Crippen LogP contribution in [0, 0.1) is 17.8 Å². The number of carbonyl (C=O) groups excluding carboxylic acids is 1. The van der Waals surface area contributed by atoms with Gasteiger partial charge in [0.2, 0.25) is 12.0 Å². The molecule has 2 aromatic rings. The maximum Gasteiger partial charge on any atom is 0.306 e. The average molecular weight is 754 g/mol. The number of hydrogen-bond donors (Lipinski definition) is 7. The molecule has 13 nitrogen and oxygen atoms in total. The Hall–Kier alpha value is -1.79. The number of ether oxygens (including phenoxy) is 4. The highest BCUT2D eigenvalue weighted by molar-refractivity contribution is 8.77. The van der Waals surface area contributed by atoms with E-state index in [-0.39, 0.29) is 54.5 Å². The summed E-state index contributed by atoms with van der Waals surface area (Å²) in [7, 11) is 3.15. The number of hydrogen-bond acceptors (Lipinski definition) is 15. The third-order valence-electron chi connectivity index (χ3n) is 12.1. The molecule has 284 valence electrons. The number of aliphatic hydroxyl groups is 6. The van der Waals surface area contributed by atoms with Crippen molar-refractivity contribution >= 4 is 38.5 Å². The lowest BCUT2D eigenvalue weighted by Crippen LogP contribution is -2.85. The van der Waals surface area contributed by atoms with Crippen LogP contribution in [0.5, 0.6) is 11.5 Å². The zero-order chi connectivity index (χ0) is 36.0. The quantitative estimate of drug-likeness (QED) is 0.167. The molecule has 0 radical (unpaired) electrons. The largest absolute Gasteiger partial charge is 0.485 e. The summed E-state index contributed by atoms with van der Waals surface area (Å²) in [6.45, 7) is 2.22. The minimum atomic E-state index is -2.36. The first-order chi connectivity index (χ1) is 24.5. The molecule has 1 aromatic carbocycles. The Bertz CT molecular complexity index is 1550. The van der Waals surface area contributed by atoms with Crippen molar-refractivity contribution in [2.24, 2.45) is 17.8 Å². The first-order valence-corrected chi connectivity index (χ1v) is 20.6.